The molecular weight excluding hydrogens is 426 g/mol. The van der Waals surface area contributed by atoms with E-state index in [1.54, 1.807) is 34.6 Å². The van der Waals surface area contributed by atoms with Crippen LogP contribution in [0.5, 0.6) is 0 Å². The Labute approximate surface area is 196 Å². The molecule has 0 aromatic carbocycles. The lowest BCUT2D eigenvalue weighted by Gasteiger charge is -2.71. The number of aliphatic hydroxyl groups excluding tert-OH is 2. The van der Waals surface area contributed by atoms with Crippen LogP contribution in [0.25, 0.3) is 0 Å². The highest BCUT2D eigenvalue weighted by Gasteiger charge is 2.81. The molecule has 0 spiro atoms. The summed E-state index contributed by atoms with van der Waals surface area (Å²) >= 11 is 0. The van der Waals surface area contributed by atoms with Crippen LogP contribution in [0.1, 0.15) is 74.7 Å². The summed E-state index contributed by atoms with van der Waals surface area (Å²) in [4.78, 5) is 26.6. The number of amides is 1. The second-order valence-electron chi connectivity index (χ2n) is 12.5. The second kappa shape index (κ2) is 7.51. The molecule has 1 aliphatic heterocycles. The first-order valence-corrected chi connectivity index (χ1v) is 11.7. The Morgan fingerprint density at radius 1 is 1.21 bits per heavy atom. The van der Waals surface area contributed by atoms with Crippen LogP contribution in [0.3, 0.4) is 0 Å². The van der Waals surface area contributed by atoms with E-state index >= 15 is 0 Å². The minimum atomic E-state index is -2.23. The number of nitrogens with one attached hydrogen (secondary N) is 1. The van der Waals surface area contributed by atoms with Crippen molar-refractivity contribution in [2.45, 2.75) is 115 Å². The van der Waals surface area contributed by atoms with E-state index in [1.807, 2.05) is 13.8 Å². The number of hydrogen-bond donors (Lipinski definition) is 4. The number of rotatable bonds is 2. The topological polar surface area (TPSA) is 125 Å². The van der Waals surface area contributed by atoms with E-state index in [0.717, 1.165) is 0 Å². The molecule has 0 aromatic rings. The fraction of sp³-hybridized carbons (Fsp3) is 0.840. The van der Waals surface area contributed by atoms with E-state index in [-0.39, 0.29) is 6.42 Å². The molecule has 0 radical (unpaired) electrons. The van der Waals surface area contributed by atoms with Crippen LogP contribution in [-0.2, 0) is 14.3 Å². The maximum absolute atomic E-state index is 13.8. The van der Waals surface area contributed by atoms with Crippen LogP contribution in [0.2, 0.25) is 0 Å². The van der Waals surface area contributed by atoms with Crippen molar-refractivity contribution in [3.8, 4) is 0 Å². The smallest absolute Gasteiger partial charge is 0.408 e. The Bertz CT molecular complexity index is 850. The molecular formula is C25H41NO7. The van der Waals surface area contributed by atoms with Gasteiger partial charge in [0, 0.05) is 23.3 Å². The van der Waals surface area contributed by atoms with Crippen LogP contribution >= 0.6 is 0 Å². The van der Waals surface area contributed by atoms with Gasteiger partial charge in [-0.05, 0) is 52.9 Å². The first-order valence-electron chi connectivity index (χ1n) is 11.7. The Morgan fingerprint density at radius 2 is 1.79 bits per heavy atom. The molecule has 33 heavy (non-hydrogen) atoms. The maximum atomic E-state index is 13.8. The largest absolute Gasteiger partial charge is 0.440 e. The van der Waals surface area contributed by atoms with Gasteiger partial charge >= 0.3 is 6.09 Å². The van der Waals surface area contributed by atoms with Gasteiger partial charge in [-0.2, -0.15) is 0 Å². The molecule has 4 N–H and O–H groups in total. The quantitative estimate of drug-likeness (QED) is 0.460. The normalized spacial score (nSPS) is 47.2. The van der Waals surface area contributed by atoms with Crippen molar-refractivity contribution < 1.29 is 34.4 Å². The average molecular weight is 468 g/mol. The lowest BCUT2D eigenvalue weighted by molar-refractivity contribution is -0.369. The minimum Gasteiger partial charge on any atom is -0.440 e. The van der Waals surface area contributed by atoms with Gasteiger partial charge in [-0.1, -0.05) is 26.8 Å². The van der Waals surface area contributed by atoms with Crippen LogP contribution in [0.15, 0.2) is 12.7 Å². The molecule has 0 bridgehead atoms. The summed E-state index contributed by atoms with van der Waals surface area (Å²) in [6, 6.07) is 0. The van der Waals surface area contributed by atoms with Crippen molar-refractivity contribution in [1.29, 1.82) is 0 Å². The lowest BCUT2D eigenvalue weighted by Crippen LogP contribution is -2.86. The third kappa shape index (κ3) is 3.56. The number of Topliss-reactive ketones (excluding diaryl/α,β-unsaturated/α-hetero) is 1. The third-order valence-electron chi connectivity index (χ3n) is 8.44. The molecule has 3 fully saturated rings. The Kier molecular flexibility index (Phi) is 5.94. The summed E-state index contributed by atoms with van der Waals surface area (Å²) < 4.78 is 12.1. The summed E-state index contributed by atoms with van der Waals surface area (Å²) in [5, 5.41) is 38.0. The Hall–Kier alpha value is -1.48. The van der Waals surface area contributed by atoms with Crippen molar-refractivity contribution in [1.82, 2.24) is 5.32 Å². The average Bonchev–Trinajstić information content (AvgIpc) is 2.64. The van der Waals surface area contributed by atoms with E-state index in [4.69, 9.17) is 9.47 Å². The second-order valence-corrected chi connectivity index (χ2v) is 12.5. The van der Waals surface area contributed by atoms with E-state index < -0.39 is 69.3 Å². The third-order valence-corrected chi connectivity index (χ3v) is 8.44. The Morgan fingerprint density at radius 3 is 2.30 bits per heavy atom. The van der Waals surface area contributed by atoms with Crippen molar-refractivity contribution >= 4 is 11.9 Å². The number of carbonyl (C=O) groups is 2. The fourth-order valence-electron chi connectivity index (χ4n) is 6.93. The van der Waals surface area contributed by atoms with Crippen LogP contribution in [0.4, 0.5) is 4.79 Å². The van der Waals surface area contributed by atoms with Crippen LogP contribution in [-0.4, -0.2) is 67.9 Å². The number of alkyl carbamates (subject to hydrolysis) is 1. The molecule has 2 aliphatic carbocycles. The molecule has 1 saturated heterocycles. The van der Waals surface area contributed by atoms with E-state index in [9.17, 15) is 24.9 Å². The number of fused-ring (bicyclic) bond motifs is 3. The summed E-state index contributed by atoms with van der Waals surface area (Å²) in [6.07, 6.45) is -2.31. The highest BCUT2D eigenvalue weighted by molar-refractivity contribution is 5.92. The highest BCUT2D eigenvalue weighted by atomic mass is 16.6. The molecule has 8 atom stereocenters. The standard InChI is InChI=1S/C25H41NO7/c1-10-22(7)13-15(28)25(31)23(8)14(27)11-12-21(5,6)17(23)16(29)18(24(25,9)33-22)32-19(30)26-20(2,3)4/h10,14,16-18,27,29,31H,1,11-13H2,2-9H3,(H,26,30)/t14-,16-,17-,18-,22-,23-,24+,25-/m0/s1. The molecule has 0 aromatic heterocycles. The number of aliphatic hydroxyl groups is 3. The van der Waals surface area contributed by atoms with E-state index in [2.05, 4.69) is 11.9 Å². The molecule has 8 heteroatoms. The molecule has 0 unspecified atom stereocenters. The number of hydrogen-bond acceptors (Lipinski definition) is 7. The fourth-order valence-corrected chi connectivity index (χ4v) is 6.93. The van der Waals surface area contributed by atoms with Gasteiger partial charge in [-0.25, -0.2) is 4.79 Å². The van der Waals surface area contributed by atoms with Crippen molar-refractivity contribution in [2.24, 2.45) is 16.7 Å². The van der Waals surface area contributed by atoms with Crippen molar-refractivity contribution in [3.63, 3.8) is 0 Å². The zero-order valence-electron chi connectivity index (χ0n) is 21.2. The van der Waals surface area contributed by atoms with Crippen LogP contribution in [0, 0.1) is 16.7 Å². The molecule has 8 nitrogen and oxygen atoms in total. The molecule has 3 rings (SSSR count). The number of ether oxygens (including phenoxy) is 2. The van der Waals surface area contributed by atoms with Gasteiger partial charge in [-0.3, -0.25) is 4.79 Å². The molecule has 1 heterocycles. The molecule has 1 amide bonds. The van der Waals surface area contributed by atoms with Gasteiger partial charge in [0.25, 0.3) is 0 Å². The maximum Gasteiger partial charge on any atom is 0.408 e. The molecule has 3 aliphatic rings. The van der Waals surface area contributed by atoms with Gasteiger partial charge in [0.15, 0.2) is 17.5 Å². The highest BCUT2D eigenvalue weighted by Crippen LogP contribution is 2.67. The predicted octanol–water partition coefficient (Wildman–Crippen LogP) is 2.48. The van der Waals surface area contributed by atoms with Crippen molar-refractivity contribution in [2.75, 3.05) is 0 Å². The summed E-state index contributed by atoms with van der Waals surface area (Å²) in [5.41, 5.74) is -7.84. The van der Waals surface area contributed by atoms with Crippen LogP contribution < -0.4 is 5.32 Å². The Balaban J connectivity index is 2.25. The monoisotopic (exact) mass is 467 g/mol. The van der Waals surface area contributed by atoms with E-state index in [0.29, 0.717) is 12.8 Å². The first-order chi connectivity index (χ1) is 14.8. The zero-order chi connectivity index (χ0) is 25.4. The number of carbonyl (C=O) groups excluding carboxylic acids is 2. The zero-order valence-corrected chi connectivity index (χ0v) is 21.2. The lowest BCUT2D eigenvalue weighted by atomic mass is 9.40. The molecule has 188 valence electrons. The summed E-state index contributed by atoms with van der Waals surface area (Å²) in [6.45, 7) is 17.8. The predicted molar refractivity (Wildman–Crippen MR) is 122 cm³/mol. The number of ketones is 1. The summed E-state index contributed by atoms with van der Waals surface area (Å²) in [5.74, 6) is -1.28. The van der Waals surface area contributed by atoms with Crippen molar-refractivity contribution in [3.05, 3.63) is 12.7 Å². The SMILES string of the molecule is C=C[C@@]1(C)CC(=O)[C@]2(O)[C@@]3(C)[C@@H](O)CCC(C)(C)[C@@H]3[C@H](O)[C@H](OC(=O)NC(C)(C)C)[C@@]2(C)O1. The molecule has 2 saturated carbocycles. The minimum absolute atomic E-state index is 0.158. The van der Waals surface area contributed by atoms with Gasteiger partial charge < -0.3 is 30.1 Å². The first kappa shape index (κ1) is 26.1. The van der Waals surface area contributed by atoms with E-state index in [1.165, 1.54) is 13.0 Å². The van der Waals surface area contributed by atoms with Gasteiger partial charge in [0.05, 0.1) is 17.8 Å². The van der Waals surface area contributed by atoms with Gasteiger partial charge in [0.1, 0.15) is 5.60 Å². The van der Waals surface area contributed by atoms with Gasteiger partial charge in [0.2, 0.25) is 0 Å². The summed E-state index contributed by atoms with van der Waals surface area (Å²) in [7, 11) is 0. The van der Waals surface area contributed by atoms with Gasteiger partial charge in [-0.15, -0.1) is 6.58 Å².